The lowest BCUT2D eigenvalue weighted by Crippen LogP contribution is -2.49. The quantitative estimate of drug-likeness (QED) is 0.861. The van der Waals surface area contributed by atoms with Crippen molar-refractivity contribution in [2.75, 3.05) is 20.8 Å². The summed E-state index contributed by atoms with van der Waals surface area (Å²) in [4.78, 5) is 25.8. The van der Waals surface area contributed by atoms with Gasteiger partial charge in [0.1, 0.15) is 0 Å². The van der Waals surface area contributed by atoms with Gasteiger partial charge in [0.25, 0.3) is 5.91 Å². The molecule has 1 amide bonds. The number of methoxy groups -OCH3 is 2. The van der Waals surface area contributed by atoms with Crippen LogP contribution in [0.4, 0.5) is 0 Å². The van der Waals surface area contributed by atoms with Crippen molar-refractivity contribution in [2.24, 2.45) is 5.92 Å². The van der Waals surface area contributed by atoms with Crippen molar-refractivity contribution in [3.8, 4) is 11.5 Å². The van der Waals surface area contributed by atoms with Gasteiger partial charge >= 0.3 is 5.97 Å². The van der Waals surface area contributed by atoms with Crippen molar-refractivity contribution in [2.45, 2.75) is 25.8 Å². The number of hydrogen-bond acceptors (Lipinski definition) is 4. The molecule has 6 nitrogen and oxygen atoms in total. The Bertz CT molecular complexity index is 619. The number of carboxylic acid groups (broad SMARTS) is 1. The van der Waals surface area contributed by atoms with E-state index in [4.69, 9.17) is 9.47 Å². The number of carbonyl (C=O) groups excluding carboxylic acids is 1. The van der Waals surface area contributed by atoms with Crippen molar-refractivity contribution in [3.63, 3.8) is 0 Å². The first kappa shape index (κ1) is 17.6. The average Bonchev–Trinajstić information content (AvgIpc) is 2.53. The third-order valence-electron chi connectivity index (χ3n) is 4.25. The fourth-order valence-electron chi connectivity index (χ4n) is 2.97. The zero-order chi connectivity index (χ0) is 17.1. The molecule has 0 unspecified atom stereocenters. The van der Waals surface area contributed by atoms with Crippen LogP contribution in [0.1, 0.15) is 30.1 Å². The van der Waals surface area contributed by atoms with Crippen LogP contribution in [0.25, 0.3) is 0 Å². The second kappa shape index (κ2) is 7.21. The highest BCUT2D eigenvalue weighted by Gasteiger charge is 2.36. The molecule has 0 bridgehead atoms. The summed E-state index contributed by atoms with van der Waals surface area (Å²) in [5.74, 6) is -0.631. The van der Waals surface area contributed by atoms with Gasteiger partial charge in [0, 0.05) is 18.2 Å². The summed E-state index contributed by atoms with van der Waals surface area (Å²) in [7, 11) is 3.02. The lowest BCUT2D eigenvalue weighted by atomic mass is 9.90. The van der Waals surface area contributed by atoms with Crippen LogP contribution in [0.2, 0.25) is 0 Å². The van der Waals surface area contributed by atoms with Crippen molar-refractivity contribution < 1.29 is 24.2 Å². The van der Waals surface area contributed by atoms with Crippen molar-refractivity contribution in [3.05, 3.63) is 22.2 Å². The Labute approximate surface area is 143 Å². The summed E-state index contributed by atoms with van der Waals surface area (Å²) in [6, 6.07) is 2.93. The molecule has 2 atom stereocenters. The normalized spacial score (nSPS) is 21.0. The monoisotopic (exact) mass is 385 g/mol. The number of amides is 1. The number of ether oxygens (including phenoxy) is 2. The van der Waals surface area contributed by atoms with E-state index in [-0.39, 0.29) is 11.9 Å². The number of aliphatic carboxylic acids is 1. The molecule has 7 heteroatoms. The Morgan fingerprint density at radius 1 is 1.30 bits per heavy atom. The maximum absolute atomic E-state index is 12.8. The van der Waals surface area contributed by atoms with Gasteiger partial charge in [-0.1, -0.05) is 0 Å². The third kappa shape index (κ3) is 3.44. The van der Waals surface area contributed by atoms with Crippen molar-refractivity contribution in [1.29, 1.82) is 0 Å². The summed E-state index contributed by atoms with van der Waals surface area (Å²) in [5, 5.41) is 9.29. The number of carboxylic acids is 1. The predicted octanol–water partition coefficient (Wildman–Crippen LogP) is 2.79. The molecule has 0 saturated carbocycles. The predicted molar refractivity (Wildman–Crippen MR) is 88.1 cm³/mol. The van der Waals surface area contributed by atoms with Crippen molar-refractivity contribution >= 4 is 27.8 Å². The van der Waals surface area contributed by atoms with Crippen LogP contribution in [0.15, 0.2) is 16.6 Å². The summed E-state index contributed by atoms with van der Waals surface area (Å²) >= 11 is 3.37. The molecule has 1 aromatic carbocycles. The molecule has 1 aliphatic heterocycles. The number of likely N-dealkylation sites (tertiary alicyclic amines) is 1. The Kier molecular flexibility index (Phi) is 5.51. The molecule has 0 spiro atoms. The number of piperidine rings is 1. The van der Waals surface area contributed by atoms with Gasteiger partial charge in [-0.3, -0.25) is 9.59 Å². The minimum Gasteiger partial charge on any atom is -0.493 e. The first-order valence-electron chi connectivity index (χ1n) is 7.36. The molecule has 1 saturated heterocycles. The van der Waals surface area contributed by atoms with Gasteiger partial charge in [-0.15, -0.1) is 0 Å². The number of halogens is 1. The molecule has 1 N–H and O–H groups in total. The average molecular weight is 386 g/mol. The summed E-state index contributed by atoms with van der Waals surface area (Å²) in [6.45, 7) is 2.33. The number of carbonyl (C=O) groups is 2. The second-order valence-corrected chi connectivity index (χ2v) is 6.37. The van der Waals surface area contributed by atoms with E-state index in [1.54, 1.807) is 24.0 Å². The van der Waals surface area contributed by atoms with E-state index in [2.05, 4.69) is 15.9 Å². The largest absolute Gasteiger partial charge is 0.493 e. The van der Waals surface area contributed by atoms with Gasteiger partial charge in [0.15, 0.2) is 11.5 Å². The van der Waals surface area contributed by atoms with E-state index >= 15 is 0 Å². The molecule has 23 heavy (non-hydrogen) atoms. The molecule has 1 aliphatic rings. The van der Waals surface area contributed by atoms with Crippen LogP contribution in [-0.2, 0) is 4.79 Å². The maximum atomic E-state index is 12.8. The van der Waals surface area contributed by atoms with Gasteiger partial charge in [0.2, 0.25) is 0 Å². The number of hydrogen-bond donors (Lipinski definition) is 1. The summed E-state index contributed by atoms with van der Waals surface area (Å²) in [5.41, 5.74) is 0.437. The lowest BCUT2D eigenvalue weighted by Gasteiger charge is -2.37. The van der Waals surface area contributed by atoms with Gasteiger partial charge in [0.05, 0.1) is 24.6 Å². The lowest BCUT2D eigenvalue weighted by molar-refractivity contribution is -0.144. The first-order valence-corrected chi connectivity index (χ1v) is 8.15. The van der Waals surface area contributed by atoms with E-state index < -0.39 is 11.9 Å². The van der Waals surface area contributed by atoms with E-state index in [1.807, 2.05) is 0 Å². The van der Waals surface area contributed by atoms with Crippen LogP contribution in [0, 0.1) is 5.92 Å². The molecular formula is C16H20BrNO5. The molecule has 1 aromatic rings. The Morgan fingerprint density at radius 2 is 2.00 bits per heavy atom. The van der Waals surface area contributed by atoms with Gasteiger partial charge in [-0.05, 0) is 47.8 Å². The fourth-order valence-corrected chi connectivity index (χ4v) is 3.57. The zero-order valence-corrected chi connectivity index (χ0v) is 14.9. The third-order valence-corrected chi connectivity index (χ3v) is 4.84. The number of benzene rings is 1. The molecule has 0 radical (unpaired) electrons. The van der Waals surface area contributed by atoms with Crippen molar-refractivity contribution in [1.82, 2.24) is 4.90 Å². The molecule has 2 rings (SSSR count). The molecule has 0 aliphatic carbocycles. The van der Waals surface area contributed by atoms with Crippen LogP contribution in [0.3, 0.4) is 0 Å². The van der Waals surface area contributed by atoms with Gasteiger partial charge < -0.3 is 19.5 Å². The second-order valence-electron chi connectivity index (χ2n) is 5.52. The highest BCUT2D eigenvalue weighted by atomic mass is 79.9. The molecule has 1 heterocycles. The van der Waals surface area contributed by atoms with Crippen LogP contribution in [0.5, 0.6) is 11.5 Å². The van der Waals surface area contributed by atoms with E-state index in [0.717, 1.165) is 0 Å². The number of nitrogens with zero attached hydrogens (tertiary/aromatic N) is 1. The molecular weight excluding hydrogens is 366 g/mol. The fraction of sp³-hybridized carbons (Fsp3) is 0.500. The first-order chi connectivity index (χ1) is 10.9. The molecule has 126 valence electrons. The minimum atomic E-state index is -0.858. The van der Waals surface area contributed by atoms with Crippen LogP contribution in [-0.4, -0.2) is 48.7 Å². The van der Waals surface area contributed by atoms with E-state index in [9.17, 15) is 14.7 Å². The number of rotatable bonds is 4. The standard InChI is InChI=1S/C16H20BrNO5/c1-9-11(16(20)21)5-4-6-18(9)15(19)10-7-12(17)14(23-3)13(8-10)22-2/h7-9,11H,4-6H2,1-3H3,(H,20,21)/t9-,11-/m0/s1. The zero-order valence-electron chi connectivity index (χ0n) is 13.3. The Balaban J connectivity index is 2.33. The maximum Gasteiger partial charge on any atom is 0.308 e. The van der Waals surface area contributed by atoms with Crippen LogP contribution >= 0.6 is 15.9 Å². The topological polar surface area (TPSA) is 76.1 Å². The smallest absolute Gasteiger partial charge is 0.308 e. The van der Waals surface area contributed by atoms with Gasteiger partial charge in [-0.2, -0.15) is 0 Å². The summed E-state index contributed by atoms with van der Waals surface area (Å²) in [6.07, 6.45) is 1.28. The highest BCUT2D eigenvalue weighted by molar-refractivity contribution is 9.10. The Morgan fingerprint density at radius 3 is 2.57 bits per heavy atom. The summed E-state index contributed by atoms with van der Waals surface area (Å²) < 4.78 is 11.1. The molecule has 0 aromatic heterocycles. The van der Waals surface area contributed by atoms with E-state index in [1.165, 1.54) is 14.2 Å². The van der Waals surface area contributed by atoms with Crippen LogP contribution < -0.4 is 9.47 Å². The molecule has 1 fully saturated rings. The highest BCUT2D eigenvalue weighted by Crippen LogP contribution is 2.37. The van der Waals surface area contributed by atoms with E-state index in [0.29, 0.717) is 40.9 Å². The van der Waals surface area contributed by atoms with Gasteiger partial charge in [-0.25, -0.2) is 0 Å². The SMILES string of the molecule is COc1cc(C(=O)N2CCC[C@H](C(=O)O)[C@@H]2C)cc(Br)c1OC. The minimum absolute atomic E-state index is 0.204. The Hall–Kier alpha value is -1.76.